The first-order valence-corrected chi connectivity index (χ1v) is 7.52. The summed E-state index contributed by atoms with van der Waals surface area (Å²) in [4.78, 5) is 21.0. The van der Waals surface area contributed by atoms with Crippen LogP contribution >= 0.6 is 0 Å². The highest BCUT2D eigenvalue weighted by atomic mass is 16.5. The van der Waals surface area contributed by atoms with Crippen LogP contribution in [0.15, 0.2) is 12.1 Å². The average Bonchev–Trinajstić information content (AvgIpc) is 2.46. The number of methoxy groups -OCH3 is 1. The van der Waals surface area contributed by atoms with Gasteiger partial charge in [0.25, 0.3) is 0 Å². The summed E-state index contributed by atoms with van der Waals surface area (Å²) in [7, 11) is 3.56. The van der Waals surface area contributed by atoms with E-state index < -0.39 is 0 Å². The van der Waals surface area contributed by atoms with Crippen molar-refractivity contribution in [2.45, 2.75) is 19.8 Å². The number of hydrogen-bond acceptors (Lipinski definition) is 5. The highest BCUT2D eigenvalue weighted by Gasteiger charge is 2.44. The fourth-order valence-electron chi connectivity index (χ4n) is 3.80. The van der Waals surface area contributed by atoms with Gasteiger partial charge in [-0.15, -0.1) is 0 Å². The van der Waals surface area contributed by atoms with Gasteiger partial charge in [0.2, 0.25) is 0 Å². The maximum Gasteiger partial charge on any atom is 0.356 e. The summed E-state index contributed by atoms with van der Waals surface area (Å²) in [6, 6.07) is 3.70. The van der Waals surface area contributed by atoms with Crippen molar-refractivity contribution < 1.29 is 9.53 Å². The molecule has 0 saturated carbocycles. The van der Waals surface area contributed by atoms with E-state index in [4.69, 9.17) is 4.74 Å². The molecule has 0 aromatic carbocycles. The van der Waals surface area contributed by atoms with Gasteiger partial charge in [-0.1, -0.05) is 6.07 Å². The van der Waals surface area contributed by atoms with Crippen LogP contribution in [0.5, 0.6) is 0 Å². The lowest BCUT2D eigenvalue weighted by Crippen LogP contribution is -2.61. The molecule has 114 valence electrons. The van der Waals surface area contributed by atoms with Crippen LogP contribution in [0.2, 0.25) is 0 Å². The number of carbonyl (C=O) groups excluding carboxylic acids is 1. The number of pyridine rings is 1. The molecule has 5 nitrogen and oxygen atoms in total. The number of rotatable bonds is 2. The number of carbonyl (C=O) groups is 1. The molecule has 0 atom stereocenters. The van der Waals surface area contributed by atoms with E-state index in [2.05, 4.69) is 28.8 Å². The van der Waals surface area contributed by atoms with E-state index in [1.807, 2.05) is 6.07 Å². The van der Waals surface area contributed by atoms with Crippen LogP contribution in [0.3, 0.4) is 0 Å². The van der Waals surface area contributed by atoms with Gasteiger partial charge < -0.3 is 14.5 Å². The van der Waals surface area contributed by atoms with Crippen LogP contribution in [0.25, 0.3) is 0 Å². The summed E-state index contributed by atoms with van der Waals surface area (Å²) < 4.78 is 4.78. The van der Waals surface area contributed by atoms with Crippen molar-refractivity contribution in [2.24, 2.45) is 5.41 Å². The Bertz CT molecular complexity index is 547. The minimum absolute atomic E-state index is 0.369. The van der Waals surface area contributed by atoms with Gasteiger partial charge in [-0.2, -0.15) is 0 Å². The largest absolute Gasteiger partial charge is 0.464 e. The number of aryl methyl sites for hydroxylation is 1. The Morgan fingerprint density at radius 1 is 1.33 bits per heavy atom. The molecular formula is C16H23N3O2. The van der Waals surface area contributed by atoms with Crippen molar-refractivity contribution in [3.63, 3.8) is 0 Å². The zero-order chi connectivity index (χ0) is 15.0. The van der Waals surface area contributed by atoms with Crippen molar-refractivity contribution in [1.82, 2.24) is 9.88 Å². The topological polar surface area (TPSA) is 45.7 Å². The molecule has 3 heterocycles. The standard InChI is InChI=1S/C16H23N3O2/c1-12-5-6-13(15(20)21-3)17-14(12)19-8-4-7-16(11-19)9-18(2)10-16/h5-6H,4,7-11H2,1-3H3. The molecule has 2 saturated heterocycles. The quantitative estimate of drug-likeness (QED) is 0.776. The predicted octanol–water partition coefficient (Wildman–Crippen LogP) is 1.71. The second-order valence-electron chi connectivity index (χ2n) is 6.53. The number of hydrogen-bond donors (Lipinski definition) is 0. The van der Waals surface area contributed by atoms with Crippen LogP contribution in [0.4, 0.5) is 5.82 Å². The van der Waals surface area contributed by atoms with E-state index in [0.717, 1.165) is 24.5 Å². The minimum atomic E-state index is -0.369. The Labute approximate surface area is 125 Å². The molecule has 0 aliphatic carbocycles. The predicted molar refractivity (Wildman–Crippen MR) is 81.7 cm³/mol. The van der Waals surface area contributed by atoms with E-state index in [1.54, 1.807) is 6.07 Å². The summed E-state index contributed by atoms with van der Waals surface area (Å²) >= 11 is 0. The fourth-order valence-corrected chi connectivity index (χ4v) is 3.80. The number of nitrogens with zero attached hydrogens (tertiary/aromatic N) is 3. The molecule has 5 heteroatoms. The molecule has 1 aromatic heterocycles. The monoisotopic (exact) mass is 289 g/mol. The number of likely N-dealkylation sites (tertiary alicyclic amines) is 1. The fraction of sp³-hybridized carbons (Fsp3) is 0.625. The van der Waals surface area contributed by atoms with E-state index in [9.17, 15) is 4.79 Å². The lowest BCUT2D eigenvalue weighted by atomic mass is 9.73. The molecule has 0 radical (unpaired) electrons. The molecule has 3 rings (SSSR count). The van der Waals surface area contributed by atoms with Gasteiger partial charge in [0, 0.05) is 31.6 Å². The third-order valence-electron chi connectivity index (χ3n) is 4.64. The minimum Gasteiger partial charge on any atom is -0.464 e. The lowest BCUT2D eigenvalue weighted by molar-refractivity contribution is 0.0100. The van der Waals surface area contributed by atoms with Gasteiger partial charge in [-0.05, 0) is 38.4 Å². The lowest BCUT2D eigenvalue weighted by Gasteiger charge is -2.54. The molecule has 0 amide bonds. The van der Waals surface area contributed by atoms with Gasteiger partial charge in [0.05, 0.1) is 7.11 Å². The van der Waals surface area contributed by atoms with Gasteiger partial charge >= 0.3 is 5.97 Å². The van der Waals surface area contributed by atoms with Crippen molar-refractivity contribution in [3.8, 4) is 0 Å². The normalized spacial score (nSPS) is 21.2. The Balaban J connectivity index is 1.84. The molecule has 0 unspecified atom stereocenters. The molecule has 1 spiro atoms. The first-order valence-electron chi connectivity index (χ1n) is 7.52. The molecular weight excluding hydrogens is 266 g/mol. The first-order chi connectivity index (χ1) is 10.0. The van der Waals surface area contributed by atoms with Gasteiger partial charge in [-0.25, -0.2) is 9.78 Å². The second kappa shape index (κ2) is 5.30. The van der Waals surface area contributed by atoms with Gasteiger partial charge in [0.15, 0.2) is 5.69 Å². The summed E-state index contributed by atoms with van der Waals surface area (Å²) in [5, 5.41) is 0. The second-order valence-corrected chi connectivity index (χ2v) is 6.53. The first kappa shape index (κ1) is 14.3. The Kier molecular flexibility index (Phi) is 3.61. The molecule has 2 aliphatic heterocycles. The Morgan fingerprint density at radius 3 is 2.76 bits per heavy atom. The smallest absolute Gasteiger partial charge is 0.356 e. The van der Waals surface area contributed by atoms with Gasteiger partial charge in [-0.3, -0.25) is 0 Å². The zero-order valence-corrected chi connectivity index (χ0v) is 13.1. The molecule has 2 aliphatic rings. The average molecular weight is 289 g/mol. The van der Waals surface area contributed by atoms with Crippen LogP contribution in [0, 0.1) is 12.3 Å². The van der Waals surface area contributed by atoms with Crippen LogP contribution in [-0.2, 0) is 4.74 Å². The van der Waals surface area contributed by atoms with Crippen molar-refractivity contribution in [2.75, 3.05) is 45.2 Å². The van der Waals surface area contributed by atoms with Crippen LogP contribution < -0.4 is 4.90 Å². The van der Waals surface area contributed by atoms with E-state index in [0.29, 0.717) is 11.1 Å². The number of aromatic nitrogens is 1. The molecule has 1 aromatic rings. The van der Waals surface area contributed by atoms with E-state index in [1.165, 1.54) is 33.0 Å². The van der Waals surface area contributed by atoms with Gasteiger partial charge in [0.1, 0.15) is 5.82 Å². The number of anilines is 1. The van der Waals surface area contributed by atoms with E-state index in [-0.39, 0.29) is 5.97 Å². The summed E-state index contributed by atoms with van der Waals surface area (Å²) in [6.07, 6.45) is 2.49. The highest BCUT2D eigenvalue weighted by Crippen LogP contribution is 2.39. The van der Waals surface area contributed by atoms with Crippen molar-refractivity contribution in [1.29, 1.82) is 0 Å². The Hall–Kier alpha value is -1.62. The van der Waals surface area contributed by atoms with E-state index >= 15 is 0 Å². The number of esters is 1. The van der Waals surface area contributed by atoms with Crippen LogP contribution in [-0.4, -0.2) is 56.2 Å². The molecule has 2 fully saturated rings. The maximum atomic E-state index is 11.7. The molecule has 21 heavy (non-hydrogen) atoms. The van der Waals surface area contributed by atoms with Crippen LogP contribution in [0.1, 0.15) is 28.9 Å². The summed E-state index contributed by atoms with van der Waals surface area (Å²) in [6.45, 7) is 6.44. The molecule has 0 bridgehead atoms. The zero-order valence-electron chi connectivity index (χ0n) is 13.1. The number of ether oxygens (including phenoxy) is 1. The highest BCUT2D eigenvalue weighted by molar-refractivity contribution is 5.87. The number of piperidine rings is 1. The summed E-state index contributed by atoms with van der Waals surface area (Å²) in [5.41, 5.74) is 1.93. The third-order valence-corrected chi connectivity index (χ3v) is 4.64. The maximum absolute atomic E-state index is 11.7. The molecule has 0 N–H and O–H groups in total. The Morgan fingerprint density at radius 2 is 2.10 bits per heavy atom. The van der Waals surface area contributed by atoms with Crippen molar-refractivity contribution in [3.05, 3.63) is 23.4 Å². The SMILES string of the molecule is COC(=O)c1ccc(C)c(N2CCCC3(CN(C)C3)C2)n1. The van der Waals surface area contributed by atoms with Crippen molar-refractivity contribution >= 4 is 11.8 Å². The third kappa shape index (κ3) is 2.62. The summed E-state index contributed by atoms with van der Waals surface area (Å²) in [5.74, 6) is 0.567.